The number of amides is 1. The summed E-state index contributed by atoms with van der Waals surface area (Å²) in [7, 11) is 0. The van der Waals surface area contributed by atoms with Gasteiger partial charge in [0.2, 0.25) is 5.91 Å². The summed E-state index contributed by atoms with van der Waals surface area (Å²) in [6.45, 7) is 4.42. The van der Waals surface area contributed by atoms with Crippen molar-refractivity contribution in [3.05, 3.63) is 89.3 Å². The summed E-state index contributed by atoms with van der Waals surface area (Å²) in [6, 6.07) is 15.2. The molecule has 4 rings (SSSR count). The smallest absolute Gasteiger partial charge is 0.241 e. The molecule has 1 aromatic carbocycles. The van der Waals surface area contributed by atoms with Crippen LogP contribution in [0.25, 0.3) is 0 Å². The molecule has 0 N–H and O–H groups in total. The van der Waals surface area contributed by atoms with Crippen LogP contribution in [0.15, 0.2) is 78.2 Å². The second-order valence-electron chi connectivity index (χ2n) is 7.96. The number of Topliss-reactive ketones (excluding diaryl/α,β-unsaturated/α-hetero) is 1. The molecule has 2 heterocycles. The lowest BCUT2D eigenvalue weighted by Gasteiger charge is -2.48. The van der Waals surface area contributed by atoms with Crippen LogP contribution < -0.4 is 0 Å². The Morgan fingerprint density at radius 1 is 1.14 bits per heavy atom. The highest BCUT2D eigenvalue weighted by Crippen LogP contribution is 2.51. The van der Waals surface area contributed by atoms with E-state index in [1.165, 1.54) is 0 Å². The third kappa shape index (κ3) is 2.80. The number of pyridine rings is 1. The van der Waals surface area contributed by atoms with Crippen LogP contribution in [-0.4, -0.2) is 28.1 Å². The molecule has 0 unspecified atom stereocenters. The third-order valence-corrected chi connectivity index (χ3v) is 5.86. The van der Waals surface area contributed by atoms with Gasteiger partial charge in [-0.15, -0.1) is 0 Å². The Bertz CT molecular complexity index is 1080. The molecule has 1 atom stereocenters. The summed E-state index contributed by atoms with van der Waals surface area (Å²) in [5, 5.41) is 9.64. The molecule has 5 heteroatoms. The number of carbonyl (C=O) groups is 2. The summed E-state index contributed by atoms with van der Waals surface area (Å²) in [5.74, 6) is -0.371. The molecular formula is C24H21N3O2. The van der Waals surface area contributed by atoms with Crippen LogP contribution in [-0.2, 0) is 21.5 Å². The average Bonchev–Trinajstić information content (AvgIpc) is 2.74. The van der Waals surface area contributed by atoms with Crippen molar-refractivity contribution in [2.24, 2.45) is 5.41 Å². The largest absolute Gasteiger partial charge is 0.333 e. The minimum Gasteiger partial charge on any atom is -0.333 e. The molecule has 0 fully saturated rings. The van der Waals surface area contributed by atoms with Gasteiger partial charge in [0.25, 0.3) is 0 Å². The van der Waals surface area contributed by atoms with Gasteiger partial charge < -0.3 is 4.90 Å². The van der Waals surface area contributed by atoms with Gasteiger partial charge in [0.1, 0.15) is 11.5 Å². The third-order valence-electron chi connectivity index (χ3n) is 5.86. The lowest BCUT2D eigenvalue weighted by molar-refractivity contribution is -0.136. The van der Waals surface area contributed by atoms with Crippen molar-refractivity contribution in [2.45, 2.75) is 25.8 Å². The van der Waals surface area contributed by atoms with E-state index in [1.54, 1.807) is 37.2 Å². The first-order valence-electron chi connectivity index (χ1n) is 9.54. The summed E-state index contributed by atoms with van der Waals surface area (Å²) in [5.41, 5.74) is 0.368. The highest BCUT2D eigenvalue weighted by Gasteiger charge is 2.56. The molecule has 2 aromatic rings. The fourth-order valence-corrected chi connectivity index (χ4v) is 4.43. The van der Waals surface area contributed by atoms with Gasteiger partial charge in [-0.3, -0.25) is 14.6 Å². The van der Waals surface area contributed by atoms with Crippen molar-refractivity contribution >= 4 is 11.7 Å². The van der Waals surface area contributed by atoms with Gasteiger partial charge in [-0.2, -0.15) is 5.26 Å². The van der Waals surface area contributed by atoms with E-state index in [1.807, 2.05) is 54.6 Å². The Morgan fingerprint density at radius 2 is 1.90 bits per heavy atom. The zero-order valence-electron chi connectivity index (χ0n) is 16.4. The molecular weight excluding hydrogens is 362 g/mol. The zero-order chi connectivity index (χ0) is 20.6. The average molecular weight is 383 g/mol. The van der Waals surface area contributed by atoms with E-state index < -0.39 is 10.8 Å². The number of benzene rings is 1. The number of hydrogen-bond donors (Lipinski definition) is 0. The minimum absolute atomic E-state index is 0.0348. The van der Waals surface area contributed by atoms with Gasteiger partial charge in [-0.25, -0.2) is 0 Å². The fraction of sp³-hybridized carbons (Fsp3) is 0.250. The quantitative estimate of drug-likeness (QED) is 0.762. The maximum absolute atomic E-state index is 13.9. The van der Waals surface area contributed by atoms with Gasteiger partial charge in [-0.05, 0) is 42.7 Å². The lowest BCUT2D eigenvalue weighted by Crippen LogP contribution is -2.56. The van der Waals surface area contributed by atoms with Crippen molar-refractivity contribution in [3.63, 3.8) is 0 Å². The van der Waals surface area contributed by atoms with Crippen LogP contribution in [0.1, 0.15) is 25.0 Å². The van der Waals surface area contributed by atoms with E-state index in [4.69, 9.17) is 0 Å². The van der Waals surface area contributed by atoms with E-state index in [0.29, 0.717) is 13.1 Å². The number of hydrogen-bond acceptors (Lipinski definition) is 4. The van der Waals surface area contributed by atoms with Crippen LogP contribution in [0.4, 0.5) is 0 Å². The Morgan fingerprint density at radius 3 is 2.55 bits per heavy atom. The molecule has 1 aliphatic carbocycles. The first kappa shape index (κ1) is 18.8. The first-order chi connectivity index (χ1) is 13.9. The number of carbonyl (C=O) groups excluding carboxylic acids is 2. The van der Waals surface area contributed by atoms with Crippen LogP contribution >= 0.6 is 0 Å². The molecule has 1 amide bonds. The Balaban J connectivity index is 1.92. The normalized spacial score (nSPS) is 23.0. The maximum atomic E-state index is 13.9. The number of ketones is 1. The van der Waals surface area contributed by atoms with E-state index in [9.17, 15) is 14.9 Å². The molecule has 0 saturated heterocycles. The van der Waals surface area contributed by atoms with Gasteiger partial charge in [-0.1, -0.05) is 42.5 Å². The van der Waals surface area contributed by atoms with Crippen LogP contribution in [0.3, 0.4) is 0 Å². The first-order valence-corrected chi connectivity index (χ1v) is 9.54. The van der Waals surface area contributed by atoms with E-state index in [-0.39, 0.29) is 17.3 Å². The number of fused-ring (bicyclic) bond motifs is 1. The standard InChI is InChI=1S/C24H21N3O2/c1-23(2)20-10-12-27(16-17-7-6-11-26-15-17)22(29)24(20,13-18(14-25)21(23)28)19-8-4-3-5-9-19/h3-11,13,15H,12,16H2,1-2H3/t24-/m0/s1. The second kappa shape index (κ2) is 6.82. The molecule has 29 heavy (non-hydrogen) atoms. The van der Waals surface area contributed by atoms with Crippen molar-refractivity contribution in [3.8, 4) is 6.07 Å². The summed E-state index contributed by atoms with van der Waals surface area (Å²) < 4.78 is 0. The molecule has 2 aliphatic rings. The van der Waals surface area contributed by atoms with E-state index in [2.05, 4.69) is 4.98 Å². The fourth-order valence-electron chi connectivity index (χ4n) is 4.43. The predicted octanol–water partition coefficient (Wildman–Crippen LogP) is 3.35. The van der Waals surface area contributed by atoms with Crippen molar-refractivity contribution in [1.29, 1.82) is 5.26 Å². The summed E-state index contributed by atoms with van der Waals surface area (Å²) >= 11 is 0. The second-order valence-corrected chi connectivity index (χ2v) is 7.96. The van der Waals surface area contributed by atoms with E-state index in [0.717, 1.165) is 16.7 Å². The van der Waals surface area contributed by atoms with E-state index >= 15 is 0 Å². The monoisotopic (exact) mass is 383 g/mol. The molecule has 0 bridgehead atoms. The molecule has 0 saturated carbocycles. The maximum Gasteiger partial charge on any atom is 0.241 e. The molecule has 5 nitrogen and oxygen atoms in total. The van der Waals surface area contributed by atoms with Crippen LogP contribution in [0.5, 0.6) is 0 Å². The van der Waals surface area contributed by atoms with Gasteiger partial charge >= 0.3 is 0 Å². The summed E-state index contributed by atoms with van der Waals surface area (Å²) in [6.07, 6.45) is 6.99. The number of rotatable bonds is 3. The SMILES string of the molecule is CC1(C)C(=O)C(C#N)=C[C@@]2(c3ccccc3)C(=O)N(Cc3cccnc3)CC=C12. The van der Waals surface area contributed by atoms with Crippen LogP contribution in [0.2, 0.25) is 0 Å². The lowest BCUT2D eigenvalue weighted by atomic mass is 9.56. The molecule has 1 aliphatic heterocycles. The van der Waals surface area contributed by atoms with Crippen molar-refractivity contribution in [1.82, 2.24) is 9.88 Å². The predicted molar refractivity (Wildman–Crippen MR) is 108 cm³/mol. The number of aromatic nitrogens is 1. The topological polar surface area (TPSA) is 74.1 Å². The van der Waals surface area contributed by atoms with Crippen molar-refractivity contribution < 1.29 is 9.59 Å². The molecule has 1 aromatic heterocycles. The summed E-state index contributed by atoms with van der Waals surface area (Å²) in [4.78, 5) is 32.8. The Labute approximate surface area is 170 Å². The van der Waals surface area contributed by atoms with Gasteiger partial charge in [0.15, 0.2) is 5.78 Å². The van der Waals surface area contributed by atoms with Gasteiger partial charge in [0.05, 0.1) is 11.0 Å². The number of nitrogens with zero attached hydrogens (tertiary/aromatic N) is 3. The van der Waals surface area contributed by atoms with Gasteiger partial charge in [0, 0.05) is 25.5 Å². The molecule has 0 spiro atoms. The van der Waals surface area contributed by atoms with Crippen LogP contribution in [0, 0.1) is 16.7 Å². The minimum atomic E-state index is -1.16. The number of nitriles is 1. The Hall–Kier alpha value is -3.52. The highest BCUT2D eigenvalue weighted by atomic mass is 16.2. The Kier molecular flexibility index (Phi) is 4.43. The number of allylic oxidation sites excluding steroid dienone is 1. The zero-order valence-corrected chi connectivity index (χ0v) is 16.4. The highest BCUT2D eigenvalue weighted by molar-refractivity contribution is 6.11. The van der Waals surface area contributed by atoms with Crippen molar-refractivity contribution in [2.75, 3.05) is 6.54 Å². The molecule has 144 valence electrons. The molecule has 0 radical (unpaired) electrons.